The topological polar surface area (TPSA) is 47.9 Å². The fourth-order valence-corrected chi connectivity index (χ4v) is 1.77. The van der Waals surface area contributed by atoms with Crippen LogP contribution in [-0.4, -0.2) is 23.4 Å². The van der Waals surface area contributed by atoms with Crippen molar-refractivity contribution >= 4 is 11.7 Å². The second-order valence-corrected chi connectivity index (χ2v) is 4.53. The molecule has 0 N–H and O–H groups in total. The molecule has 0 aliphatic carbocycles. The number of benzene rings is 1. The van der Waals surface area contributed by atoms with Crippen LogP contribution in [0.15, 0.2) is 35.5 Å². The molecule has 2 rings (SSSR count). The predicted molar refractivity (Wildman–Crippen MR) is 63.7 cm³/mol. The highest BCUT2D eigenvalue weighted by molar-refractivity contribution is 6.05. The minimum absolute atomic E-state index is 0.336. The molecule has 1 aliphatic heterocycles. The van der Waals surface area contributed by atoms with Gasteiger partial charge in [0, 0.05) is 12.5 Å². The zero-order valence-electron chi connectivity index (χ0n) is 10.1. The molecule has 1 unspecified atom stereocenters. The van der Waals surface area contributed by atoms with E-state index in [0.717, 1.165) is 5.56 Å². The van der Waals surface area contributed by atoms with Gasteiger partial charge in [-0.15, -0.1) is 0 Å². The van der Waals surface area contributed by atoms with E-state index in [0.29, 0.717) is 5.71 Å². The van der Waals surface area contributed by atoms with Crippen LogP contribution < -0.4 is 0 Å². The summed E-state index contributed by atoms with van der Waals surface area (Å²) in [6, 6.07) is 9.58. The first-order chi connectivity index (χ1) is 8.00. The van der Waals surface area contributed by atoms with Gasteiger partial charge in [0.25, 0.3) is 0 Å². The first-order valence-corrected chi connectivity index (χ1v) is 5.49. The number of rotatable bonds is 2. The predicted octanol–water partition coefficient (Wildman–Crippen LogP) is 2.13. The standard InChI is InChI=1S/C13H15NO3/c1-9(15)16-12-11(14-17-13(12,2)3)10-7-5-4-6-8-10/h4-8,12H,1-3H3. The summed E-state index contributed by atoms with van der Waals surface area (Å²) in [5.41, 5.74) is 0.937. The average Bonchev–Trinajstić information content (AvgIpc) is 2.56. The van der Waals surface area contributed by atoms with Crippen LogP contribution in [0.2, 0.25) is 0 Å². The van der Waals surface area contributed by atoms with E-state index in [1.807, 2.05) is 44.2 Å². The summed E-state index contributed by atoms with van der Waals surface area (Å²) in [6.07, 6.45) is -0.470. The molecule has 0 saturated carbocycles. The molecular weight excluding hydrogens is 218 g/mol. The van der Waals surface area contributed by atoms with E-state index in [4.69, 9.17) is 9.57 Å². The van der Waals surface area contributed by atoms with Gasteiger partial charge in [-0.3, -0.25) is 4.79 Å². The number of ether oxygens (including phenoxy) is 1. The minimum Gasteiger partial charge on any atom is -0.451 e. The smallest absolute Gasteiger partial charge is 0.303 e. The molecule has 0 bridgehead atoms. The third-order valence-corrected chi connectivity index (χ3v) is 2.61. The molecule has 4 heteroatoms. The fraction of sp³-hybridized carbons (Fsp3) is 0.385. The van der Waals surface area contributed by atoms with E-state index in [1.165, 1.54) is 6.92 Å². The Morgan fingerprint density at radius 3 is 2.59 bits per heavy atom. The number of hydrogen-bond donors (Lipinski definition) is 0. The number of hydrogen-bond acceptors (Lipinski definition) is 4. The van der Waals surface area contributed by atoms with E-state index >= 15 is 0 Å². The second-order valence-electron chi connectivity index (χ2n) is 4.53. The van der Waals surface area contributed by atoms with Crippen LogP contribution in [0.4, 0.5) is 0 Å². The van der Waals surface area contributed by atoms with E-state index in [1.54, 1.807) is 0 Å². The molecule has 0 radical (unpaired) electrons. The minimum atomic E-state index is -0.628. The van der Waals surface area contributed by atoms with Gasteiger partial charge in [0.05, 0.1) is 0 Å². The van der Waals surface area contributed by atoms with Crippen molar-refractivity contribution in [1.29, 1.82) is 0 Å². The van der Waals surface area contributed by atoms with Crippen molar-refractivity contribution < 1.29 is 14.4 Å². The molecule has 0 fully saturated rings. The number of carbonyl (C=O) groups is 1. The molecule has 90 valence electrons. The first-order valence-electron chi connectivity index (χ1n) is 5.49. The van der Waals surface area contributed by atoms with Crippen LogP contribution in [0, 0.1) is 0 Å². The van der Waals surface area contributed by atoms with Crippen LogP contribution in [0.5, 0.6) is 0 Å². The van der Waals surface area contributed by atoms with Gasteiger partial charge in [-0.2, -0.15) is 0 Å². The Balaban J connectivity index is 2.31. The van der Waals surface area contributed by atoms with E-state index in [2.05, 4.69) is 5.16 Å². The van der Waals surface area contributed by atoms with Crippen LogP contribution >= 0.6 is 0 Å². The SMILES string of the molecule is CC(=O)OC1C(c2ccccc2)=NOC1(C)C. The van der Waals surface area contributed by atoms with Crippen molar-refractivity contribution in [1.82, 2.24) is 0 Å². The normalized spacial score (nSPS) is 21.6. The van der Waals surface area contributed by atoms with Crippen molar-refractivity contribution in [2.75, 3.05) is 0 Å². The Labute approximate surface area is 100 Å². The summed E-state index contributed by atoms with van der Waals surface area (Å²) in [5, 5.41) is 4.03. The first kappa shape index (κ1) is 11.6. The highest BCUT2D eigenvalue weighted by Crippen LogP contribution is 2.29. The van der Waals surface area contributed by atoms with Crippen molar-refractivity contribution in [3.8, 4) is 0 Å². The van der Waals surface area contributed by atoms with Gasteiger partial charge >= 0.3 is 5.97 Å². The van der Waals surface area contributed by atoms with Gasteiger partial charge in [-0.1, -0.05) is 35.5 Å². The molecule has 0 spiro atoms. The average molecular weight is 233 g/mol. The van der Waals surface area contributed by atoms with E-state index in [-0.39, 0.29) is 5.97 Å². The van der Waals surface area contributed by atoms with Crippen molar-refractivity contribution in [3.63, 3.8) is 0 Å². The van der Waals surface area contributed by atoms with Crippen LogP contribution in [-0.2, 0) is 14.4 Å². The van der Waals surface area contributed by atoms with Gasteiger partial charge in [-0.05, 0) is 13.8 Å². The maximum absolute atomic E-state index is 11.1. The molecule has 1 aromatic rings. The maximum atomic E-state index is 11.1. The lowest BCUT2D eigenvalue weighted by Crippen LogP contribution is -2.41. The Morgan fingerprint density at radius 1 is 1.35 bits per heavy atom. The number of oxime groups is 1. The van der Waals surface area contributed by atoms with E-state index < -0.39 is 11.7 Å². The second kappa shape index (κ2) is 4.20. The maximum Gasteiger partial charge on any atom is 0.303 e. The van der Waals surface area contributed by atoms with E-state index in [9.17, 15) is 4.79 Å². The number of carbonyl (C=O) groups excluding carboxylic acids is 1. The highest BCUT2D eigenvalue weighted by Gasteiger charge is 2.44. The Bertz CT molecular complexity index is 451. The third kappa shape index (κ3) is 2.30. The van der Waals surface area contributed by atoms with Crippen LogP contribution in [0.3, 0.4) is 0 Å². The largest absolute Gasteiger partial charge is 0.451 e. The molecule has 0 aromatic heterocycles. The van der Waals surface area contributed by atoms with Crippen molar-refractivity contribution in [2.24, 2.45) is 5.16 Å². The zero-order chi connectivity index (χ0) is 12.5. The molecule has 1 atom stereocenters. The molecular formula is C13H15NO3. The van der Waals surface area contributed by atoms with Gasteiger partial charge in [0.1, 0.15) is 5.71 Å². The monoisotopic (exact) mass is 233 g/mol. The Hall–Kier alpha value is -1.84. The summed E-state index contributed by atoms with van der Waals surface area (Å²) >= 11 is 0. The summed E-state index contributed by atoms with van der Waals surface area (Å²) in [5.74, 6) is -0.336. The zero-order valence-corrected chi connectivity index (χ0v) is 10.1. The molecule has 17 heavy (non-hydrogen) atoms. The molecule has 0 amide bonds. The van der Waals surface area contributed by atoms with Crippen molar-refractivity contribution in [3.05, 3.63) is 35.9 Å². The third-order valence-electron chi connectivity index (χ3n) is 2.61. The summed E-state index contributed by atoms with van der Waals surface area (Å²) in [7, 11) is 0. The summed E-state index contributed by atoms with van der Waals surface area (Å²) in [4.78, 5) is 16.5. The van der Waals surface area contributed by atoms with Crippen LogP contribution in [0.1, 0.15) is 26.3 Å². The molecule has 1 aliphatic rings. The Kier molecular flexibility index (Phi) is 2.88. The number of esters is 1. The van der Waals surface area contributed by atoms with Gasteiger partial charge in [0.15, 0.2) is 11.7 Å². The lowest BCUT2D eigenvalue weighted by atomic mass is 9.94. The summed E-state index contributed by atoms with van der Waals surface area (Å²) < 4.78 is 5.30. The van der Waals surface area contributed by atoms with Gasteiger partial charge in [-0.25, -0.2) is 0 Å². The van der Waals surface area contributed by atoms with Crippen molar-refractivity contribution in [2.45, 2.75) is 32.5 Å². The molecule has 4 nitrogen and oxygen atoms in total. The number of nitrogens with zero attached hydrogens (tertiary/aromatic N) is 1. The Morgan fingerprint density at radius 2 is 2.00 bits per heavy atom. The molecule has 0 saturated heterocycles. The van der Waals surface area contributed by atoms with Gasteiger partial charge < -0.3 is 9.57 Å². The highest BCUT2D eigenvalue weighted by atomic mass is 16.7. The lowest BCUT2D eigenvalue weighted by Gasteiger charge is -2.24. The van der Waals surface area contributed by atoms with Gasteiger partial charge in [0.2, 0.25) is 0 Å². The molecule has 1 heterocycles. The lowest BCUT2D eigenvalue weighted by molar-refractivity contribution is -0.152. The quantitative estimate of drug-likeness (QED) is 0.735. The van der Waals surface area contributed by atoms with Crippen LogP contribution in [0.25, 0.3) is 0 Å². The fourth-order valence-electron chi connectivity index (χ4n) is 1.77. The molecule has 1 aromatic carbocycles. The summed E-state index contributed by atoms with van der Waals surface area (Å²) in [6.45, 7) is 5.08.